The molecule has 2 aromatic rings. The second-order valence-corrected chi connectivity index (χ2v) is 8.19. The van der Waals surface area contributed by atoms with Crippen molar-refractivity contribution in [2.45, 2.75) is 32.0 Å². The number of aryl methyl sites for hydroxylation is 1. The van der Waals surface area contributed by atoms with Crippen LogP contribution in [0.15, 0.2) is 34.8 Å². The molecule has 0 aliphatic carbocycles. The fourth-order valence-corrected chi connectivity index (χ4v) is 4.24. The highest BCUT2D eigenvalue weighted by Crippen LogP contribution is 2.45. The van der Waals surface area contributed by atoms with Crippen molar-refractivity contribution in [3.05, 3.63) is 51.5 Å². The van der Waals surface area contributed by atoms with Gasteiger partial charge in [-0.15, -0.1) is 0 Å². The first-order valence-electron chi connectivity index (χ1n) is 9.69. The lowest BCUT2D eigenvalue weighted by Crippen LogP contribution is -2.43. The van der Waals surface area contributed by atoms with Gasteiger partial charge in [0.2, 0.25) is 18.0 Å². The average Bonchev–Trinajstić information content (AvgIpc) is 3.29. The number of halogens is 1. The second kappa shape index (κ2) is 8.22. The third-order valence-corrected chi connectivity index (χ3v) is 6.39. The van der Waals surface area contributed by atoms with Gasteiger partial charge in [0.25, 0.3) is 0 Å². The zero-order chi connectivity index (χ0) is 22.3. The first-order chi connectivity index (χ1) is 14.8. The minimum absolute atomic E-state index is 0.189. The van der Waals surface area contributed by atoms with Gasteiger partial charge in [-0.1, -0.05) is 15.9 Å². The van der Waals surface area contributed by atoms with Crippen molar-refractivity contribution < 1.29 is 28.6 Å². The fourth-order valence-electron chi connectivity index (χ4n) is 3.99. The molecule has 162 valence electrons. The largest absolute Gasteiger partial charge is 0.493 e. The average molecular weight is 489 g/mol. The lowest BCUT2D eigenvalue weighted by Gasteiger charge is -2.29. The number of fused-ring (bicyclic) bond motifs is 1. The number of nitrogens with one attached hydrogen (secondary N) is 1. The van der Waals surface area contributed by atoms with E-state index in [1.54, 1.807) is 18.2 Å². The number of esters is 1. The zero-order valence-electron chi connectivity index (χ0n) is 17.2. The summed E-state index contributed by atoms with van der Waals surface area (Å²) in [4.78, 5) is 39.7. The van der Waals surface area contributed by atoms with Gasteiger partial charge in [0, 0.05) is 22.1 Å². The maximum absolute atomic E-state index is 13.0. The van der Waals surface area contributed by atoms with Gasteiger partial charge in [-0.05, 0) is 49.2 Å². The number of hydrogen-bond donors (Lipinski definition) is 1. The molecule has 2 atom stereocenters. The predicted molar refractivity (Wildman–Crippen MR) is 115 cm³/mol. The Hall–Kier alpha value is -3.07. The van der Waals surface area contributed by atoms with Gasteiger partial charge in [-0.2, -0.15) is 0 Å². The van der Waals surface area contributed by atoms with E-state index >= 15 is 0 Å². The van der Waals surface area contributed by atoms with Crippen molar-refractivity contribution >= 4 is 39.4 Å². The van der Waals surface area contributed by atoms with E-state index in [-0.39, 0.29) is 29.5 Å². The molecule has 1 N–H and O–H groups in total. The Morgan fingerprint density at radius 2 is 1.97 bits per heavy atom. The normalized spacial score (nSPS) is 19.8. The lowest BCUT2D eigenvalue weighted by atomic mass is 10.0. The van der Waals surface area contributed by atoms with Crippen LogP contribution in [-0.4, -0.2) is 42.9 Å². The summed E-state index contributed by atoms with van der Waals surface area (Å²) in [6, 6.07) is 7.99. The number of anilines is 1. The molecule has 31 heavy (non-hydrogen) atoms. The Morgan fingerprint density at radius 1 is 1.19 bits per heavy atom. The number of hydrogen-bond acceptors (Lipinski definition) is 6. The van der Waals surface area contributed by atoms with Gasteiger partial charge in [0.05, 0.1) is 14.2 Å². The molecular formula is C22H21BrN2O6. The molecule has 0 bridgehead atoms. The van der Waals surface area contributed by atoms with Crippen LogP contribution in [0.3, 0.4) is 0 Å². The van der Waals surface area contributed by atoms with Crippen LogP contribution >= 0.6 is 15.9 Å². The SMILES string of the molecule is COc1ccc2c(c1OC)C(=O)O[C@@H]2N1C(=O)CC[C@@H]1C(=O)Nc1ccc(Br)c(C)c1. The molecule has 2 aromatic carbocycles. The standard InChI is InChI=1S/C22H21BrN2O6/c1-11-10-12(4-6-14(11)23)24-20(27)15-7-9-17(26)25(15)21-13-5-8-16(29-2)19(30-3)18(13)22(28)31-21/h4-6,8,10,15,21H,7,9H2,1-3H3,(H,24,27)/t15-,21+/m1/s1. The number of benzene rings is 2. The van der Waals surface area contributed by atoms with Gasteiger partial charge >= 0.3 is 5.97 Å². The van der Waals surface area contributed by atoms with Gasteiger partial charge < -0.3 is 19.5 Å². The van der Waals surface area contributed by atoms with E-state index in [1.807, 2.05) is 19.1 Å². The van der Waals surface area contributed by atoms with E-state index in [4.69, 9.17) is 14.2 Å². The van der Waals surface area contributed by atoms with E-state index in [0.29, 0.717) is 23.4 Å². The predicted octanol–water partition coefficient (Wildman–Crippen LogP) is 3.57. The monoisotopic (exact) mass is 488 g/mol. The summed E-state index contributed by atoms with van der Waals surface area (Å²) < 4.78 is 17.1. The Kier molecular flexibility index (Phi) is 5.62. The molecule has 0 unspecified atom stereocenters. The number of nitrogens with zero attached hydrogens (tertiary/aromatic N) is 1. The quantitative estimate of drug-likeness (QED) is 0.646. The molecule has 1 saturated heterocycles. The molecule has 1 fully saturated rings. The maximum atomic E-state index is 13.0. The van der Waals surface area contributed by atoms with Crippen LogP contribution in [0.25, 0.3) is 0 Å². The third-order valence-electron chi connectivity index (χ3n) is 5.50. The molecule has 4 rings (SSSR count). The van der Waals surface area contributed by atoms with Gasteiger partial charge in [-0.25, -0.2) is 4.79 Å². The minimum atomic E-state index is -1.00. The number of amides is 2. The van der Waals surface area contributed by atoms with Gasteiger partial charge in [0.1, 0.15) is 11.6 Å². The Morgan fingerprint density at radius 3 is 2.65 bits per heavy atom. The molecule has 9 heteroatoms. The van der Waals surface area contributed by atoms with Crippen LogP contribution in [0.5, 0.6) is 11.5 Å². The molecule has 0 radical (unpaired) electrons. The highest BCUT2D eigenvalue weighted by molar-refractivity contribution is 9.10. The maximum Gasteiger partial charge on any atom is 0.344 e. The van der Waals surface area contributed by atoms with E-state index in [2.05, 4.69) is 21.2 Å². The second-order valence-electron chi connectivity index (χ2n) is 7.33. The Labute approximate surface area is 187 Å². The van der Waals surface area contributed by atoms with Crippen molar-refractivity contribution in [2.75, 3.05) is 19.5 Å². The molecular weight excluding hydrogens is 468 g/mol. The summed E-state index contributed by atoms with van der Waals surface area (Å²) in [6.45, 7) is 1.92. The van der Waals surface area contributed by atoms with Crippen molar-refractivity contribution in [3.63, 3.8) is 0 Å². The fraction of sp³-hybridized carbons (Fsp3) is 0.318. The molecule has 2 amide bonds. The molecule has 0 spiro atoms. The third kappa shape index (κ3) is 3.63. The number of carbonyl (C=O) groups excluding carboxylic acids is 3. The summed E-state index contributed by atoms with van der Waals surface area (Å²) >= 11 is 3.43. The molecule has 2 aliphatic rings. The molecule has 0 saturated carbocycles. The first-order valence-corrected chi connectivity index (χ1v) is 10.5. The van der Waals surface area contributed by atoms with Crippen molar-refractivity contribution in [1.82, 2.24) is 4.90 Å². The summed E-state index contributed by atoms with van der Waals surface area (Å²) in [5, 5.41) is 2.86. The van der Waals surface area contributed by atoms with E-state index in [9.17, 15) is 14.4 Å². The van der Waals surface area contributed by atoms with Crippen LogP contribution in [0.4, 0.5) is 5.69 Å². The Bertz CT molecular complexity index is 1090. The van der Waals surface area contributed by atoms with E-state index in [0.717, 1.165) is 10.0 Å². The molecule has 0 aromatic heterocycles. The summed E-state index contributed by atoms with van der Waals surface area (Å²) in [5.74, 6) is -0.597. The zero-order valence-corrected chi connectivity index (χ0v) is 18.8. The van der Waals surface area contributed by atoms with Crippen LogP contribution in [0.1, 0.15) is 40.6 Å². The number of rotatable bonds is 5. The van der Waals surface area contributed by atoms with Crippen LogP contribution in [0.2, 0.25) is 0 Å². The summed E-state index contributed by atoms with van der Waals surface area (Å²) in [6.07, 6.45) is -0.481. The topological polar surface area (TPSA) is 94.2 Å². The van der Waals surface area contributed by atoms with Crippen LogP contribution in [0, 0.1) is 6.92 Å². The first kappa shape index (κ1) is 21.2. The number of ether oxygens (including phenoxy) is 3. The van der Waals surface area contributed by atoms with E-state index in [1.165, 1.54) is 19.1 Å². The number of likely N-dealkylation sites (tertiary alicyclic amines) is 1. The lowest BCUT2D eigenvalue weighted by molar-refractivity contribution is -0.144. The van der Waals surface area contributed by atoms with E-state index < -0.39 is 18.2 Å². The Balaban J connectivity index is 1.64. The highest BCUT2D eigenvalue weighted by Gasteiger charge is 2.47. The summed E-state index contributed by atoms with van der Waals surface area (Å²) in [7, 11) is 2.90. The van der Waals surface area contributed by atoms with Crippen molar-refractivity contribution in [2.24, 2.45) is 0 Å². The number of carbonyl (C=O) groups is 3. The molecule has 2 aliphatic heterocycles. The number of cyclic esters (lactones) is 1. The van der Waals surface area contributed by atoms with Crippen molar-refractivity contribution in [3.8, 4) is 11.5 Å². The molecule has 2 heterocycles. The highest BCUT2D eigenvalue weighted by atomic mass is 79.9. The number of methoxy groups -OCH3 is 2. The minimum Gasteiger partial charge on any atom is -0.493 e. The van der Waals surface area contributed by atoms with Crippen LogP contribution < -0.4 is 14.8 Å². The van der Waals surface area contributed by atoms with Crippen LogP contribution in [-0.2, 0) is 14.3 Å². The smallest absolute Gasteiger partial charge is 0.344 e. The van der Waals surface area contributed by atoms with Gasteiger partial charge in [0.15, 0.2) is 11.5 Å². The van der Waals surface area contributed by atoms with Crippen molar-refractivity contribution in [1.29, 1.82) is 0 Å². The summed E-state index contributed by atoms with van der Waals surface area (Å²) in [5.41, 5.74) is 2.27. The van der Waals surface area contributed by atoms with Gasteiger partial charge in [-0.3, -0.25) is 14.5 Å². The molecule has 8 nitrogen and oxygen atoms in total.